The van der Waals surface area contributed by atoms with E-state index in [0.29, 0.717) is 5.92 Å². The molecule has 0 saturated heterocycles. The second-order valence-electron chi connectivity index (χ2n) is 5.59. The molecule has 0 aliphatic heterocycles. The molecule has 1 fully saturated rings. The average Bonchev–Trinajstić information content (AvgIpc) is 2.53. The van der Waals surface area contributed by atoms with Gasteiger partial charge in [-0.1, -0.05) is 31.4 Å². The van der Waals surface area contributed by atoms with E-state index in [4.69, 9.17) is 0 Å². The van der Waals surface area contributed by atoms with E-state index in [9.17, 15) is 4.79 Å². The van der Waals surface area contributed by atoms with Gasteiger partial charge in [0.2, 0.25) is 0 Å². The minimum Gasteiger partial charge on any atom is -0.352 e. The van der Waals surface area contributed by atoms with Gasteiger partial charge in [0.15, 0.2) is 0 Å². The number of nitrogens with one attached hydrogen (secondary N) is 1. The molecule has 0 atom stereocenters. The number of carbonyl (C=O) groups is 1. The Morgan fingerprint density at radius 1 is 1.15 bits per heavy atom. The molecule has 1 amide bonds. The van der Waals surface area contributed by atoms with Gasteiger partial charge in [0.05, 0.1) is 5.52 Å². The van der Waals surface area contributed by atoms with E-state index in [2.05, 4.69) is 10.3 Å². The lowest BCUT2D eigenvalue weighted by Crippen LogP contribution is -2.30. The van der Waals surface area contributed by atoms with Gasteiger partial charge in [-0.3, -0.25) is 9.78 Å². The summed E-state index contributed by atoms with van der Waals surface area (Å²) in [5.74, 6) is 0.676. The summed E-state index contributed by atoms with van der Waals surface area (Å²) in [6.07, 6.45) is 8.21. The summed E-state index contributed by atoms with van der Waals surface area (Å²) >= 11 is 0. The number of hydrogen-bond acceptors (Lipinski definition) is 2. The van der Waals surface area contributed by atoms with Gasteiger partial charge in [-0.2, -0.15) is 0 Å². The van der Waals surface area contributed by atoms with Crippen LogP contribution in [0.1, 0.15) is 42.5 Å². The SMILES string of the molecule is O=C(NCC1CCCCC1)c1cccc2ncccc12. The van der Waals surface area contributed by atoms with Crippen molar-refractivity contribution >= 4 is 16.8 Å². The number of carbonyl (C=O) groups excluding carboxylic acids is 1. The largest absolute Gasteiger partial charge is 0.352 e. The fourth-order valence-corrected chi connectivity index (χ4v) is 3.02. The van der Waals surface area contributed by atoms with Gasteiger partial charge in [0.25, 0.3) is 5.91 Å². The van der Waals surface area contributed by atoms with Crippen molar-refractivity contribution in [2.45, 2.75) is 32.1 Å². The maximum atomic E-state index is 12.4. The van der Waals surface area contributed by atoms with Crippen LogP contribution in [-0.4, -0.2) is 17.4 Å². The molecule has 104 valence electrons. The van der Waals surface area contributed by atoms with Crippen molar-refractivity contribution in [2.24, 2.45) is 5.92 Å². The maximum Gasteiger partial charge on any atom is 0.251 e. The summed E-state index contributed by atoms with van der Waals surface area (Å²) in [6.45, 7) is 0.801. The smallest absolute Gasteiger partial charge is 0.251 e. The lowest BCUT2D eigenvalue weighted by molar-refractivity contribution is 0.0945. The summed E-state index contributed by atoms with van der Waals surface area (Å²) in [4.78, 5) is 16.7. The normalized spacial score (nSPS) is 16.2. The third-order valence-electron chi connectivity index (χ3n) is 4.17. The molecule has 0 unspecified atom stereocenters. The second kappa shape index (κ2) is 6.04. The van der Waals surface area contributed by atoms with Gasteiger partial charge < -0.3 is 5.32 Å². The molecular weight excluding hydrogens is 248 g/mol. The van der Waals surface area contributed by atoms with Crippen molar-refractivity contribution in [3.8, 4) is 0 Å². The molecule has 20 heavy (non-hydrogen) atoms. The van der Waals surface area contributed by atoms with Crippen LogP contribution in [0.15, 0.2) is 36.5 Å². The van der Waals surface area contributed by atoms with E-state index in [1.165, 1.54) is 32.1 Å². The number of nitrogens with zero attached hydrogens (tertiary/aromatic N) is 1. The van der Waals surface area contributed by atoms with Gasteiger partial charge in [-0.15, -0.1) is 0 Å². The van der Waals surface area contributed by atoms with Gasteiger partial charge in [0, 0.05) is 23.7 Å². The van der Waals surface area contributed by atoms with Crippen molar-refractivity contribution in [1.82, 2.24) is 10.3 Å². The number of rotatable bonds is 3. The lowest BCUT2D eigenvalue weighted by atomic mass is 9.89. The molecule has 0 spiro atoms. The van der Waals surface area contributed by atoms with Gasteiger partial charge >= 0.3 is 0 Å². The average molecular weight is 268 g/mol. The number of amides is 1. The summed E-state index contributed by atoms with van der Waals surface area (Å²) < 4.78 is 0. The molecule has 1 aliphatic rings. The third kappa shape index (κ3) is 2.82. The van der Waals surface area contributed by atoms with Crippen LogP contribution in [0.5, 0.6) is 0 Å². The summed E-state index contributed by atoms with van der Waals surface area (Å²) in [5, 5.41) is 4.02. The van der Waals surface area contributed by atoms with Gasteiger partial charge in [0.1, 0.15) is 0 Å². The molecule has 1 heterocycles. The number of benzene rings is 1. The predicted molar refractivity (Wildman–Crippen MR) is 80.7 cm³/mol. The first-order chi connectivity index (χ1) is 9.84. The molecule has 3 heteroatoms. The number of aromatic nitrogens is 1. The first kappa shape index (κ1) is 13.1. The molecule has 1 N–H and O–H groups in total. The van der Waals surface area contributed by atoms with Crippen molar-refractivity contribution < 1.29 is 4.79 Å². The van der Waals surface area contributed by atoms with Crippen LogP contribution in [0.2, 0.25) is 0 Å². The van der Waals surface area contributed by atoms with E-state index >= 15 is 0 Å². The van der Waals surface area contributed by atoms with Crippen LogP contribution >= 0.6 is 0 Å². The second-order valence-corrected chi connectivity index (χ2v) is 5.59. The van der Waals surface area contributed by atoms with Crippen LogP contribution in [0, 0.1) is 5.92 Å². The Kier molecular flexibility index (Phi) is 3.95. The Morgan fingerprint density at radius 3 is 2.85 bits per heavy atom. The molecule has 3 nitrogen and oxygen atoms in total. The van der Waals surface area contributed by atoms with E-state index in [1.54, 1.807) is 6.20 Å². The molecule has 3 rings (SSSR count). The molecule has 2 aromatic rings. The highest BCUT2D eigenvalue weighted by atomic mass is 16.1. The molecule has 0 bridgehead atoms. The van der Waals surface area contributed by atoms with Crippen LogP contribution in [0.25, 0.3) is 10.9 Å². The van der Waals surface area contributed by atoms with Crippen molar-refractivity contribution in [2.75, 3.05) is 6.54 Å². The zero-order chi connectivity index (χ0) is 13.8. The standard InChI is InChI=1S/C17H20N2O/c20-17(19-12-13-6-2-1-3-7-13)15-8-4-10-16-14(15)9-5-11-18-16/h4-5,8-11,13H,1-3,6-7,12H2,(H,19,20). The highest BCUT2D eigenvalue weighted by Gasteiger charge is 2.15. The number of hydrogen-bond donors (Lipinski definition) is 1. The summed E-state index contributed by atoms with van der Waals surface area (Å²) in [6, 6.07) is 9.54. The fraction of sp³-hybridized carbons (Fsp3) is 0.412. The minimum atomic E-state index is 0.0224. The van der Waals surface area contributed by atoms with Gasteiger partial charge in [-0.05, 0) is 37.0 Å². The Balaban J connectivity index is 1.72. The molecule has 1 aromatic carbocycles. The molecule has 1 saturated carbocycles. The summed E-state index contributed by atoms with van der Waals surface area (Å²) in [7, 11) is 0. The lowest BCUT2D eigenvalue weighted by Gasteiger charge is -2.21. The van der Waals surface area contributed by atoms with Crippen molar-refractivity contribution in [3.63, 3.8) is 0 Å². The Labute approximate surface area is 119 Å². The molecule has 1 aliphatic carbocycles. The molecule has 0 radical (unpaired) electrons. The monoisotopic (exact) mass is 268 g/mol. The Morgan fingerprint density at radius 2 is 2.00 bits per heavy atom. The zero-order valence-corrected chi connectivity index (χ0v) is 11.6. The van der Waals surface area contributed by atoms with Gasteiger partial charge in [-0.25, -0.2) is 0 Å². The highest BCUT2D eigenvalue weighted by Crippen LogP contribution is 2.23. The highest BCUT2D eigenvalue weighted by molar-refractivity contribution is 6.06. The number of fused-ring (bicyclic) bond motifs is 1. The van der Waals surface area contributed by atoms with E-state index in [-0.39, 0.29) is 5.91 Å². The first-order valence-electron chi connectivity index (χ1n) is 7.46. The fourth-order valence-electron chi connectivity index (χ4n) is 3.02. The summed E-state index contributed by atoms with van der Waals surface area (Å²) in [5.41, 5.74) is 1.60. The van der Waals surface area contributed by atoms with Crippen LogP contribution in [-0.2, 0) is 0 Å². The Bertz CT molecular complexity index is 597. The first-order valence-corrected chi connectivity index (χ1v) is 7.46. The zero-order valence-electron chi connectivity index (χ0n) is 11.6. The quantitative estimate of drug-likeness (QED) is 0.925. The third-order valence-corrected chi connectivity index (χ3v) is 4.17. The van der Waals surface area contributed by atoms with E-state index in [0.717, 1.165) is 23.0 Å². The minimum absolute atomic E-state index is 0.0224. The molecule has 1 aromatic heterocycles. The number of pyridine rings is 1. The van der Waals surface area contributed by atoms with E-state index in [1.807, 2.05) is 30.3 Å². The van der Waals surface area contributed by atoms with Crippen LogP contribution in [0.3, 0.4) is 0 Å². The van der Waals surface area contributed by atoms with Crippen molar-refractivity contribution in [3.05, 3.63) is 42.1 Å². The topological polar surface area (TPSA) is 42.0 Å². The van der Waals surface area contributed by atoms with E-state index < -0.39 is 0 Å². The Hall–Kier alpha value is -1.90. The van der Waals surface area contributed by atoms with Crippen molar-refractivity contribution in [1.29, 1.82) is 0 Å². The van der Waals surface area contributed by atoms with Crippen LogP contribution < -0.4 is 5.32 Å². The maximum absolute atomic E-state index is 12.4. The predicted octanol–water partition coefficient (Wildman–Crippen LogP) is 3.54. The molecular formula is C17H20N2O. The van der Waals surface area contributed by atoms with Crippen LogP contribution in [0.4, 0.5) is 0 Å².